The third kappa shape index (κ3) is 7.53. The van der Waals surface area contributed by atoms with E-state index in [1.165, 1.54) is 12.8 Å². The Labute approximate surface area is 117 Å². The molecule has 1 aliphatic heterocycles. The van der Waals surface area contributed by atoms with E-state index >= 15 is 0 Å². The van der Waals surface area contributed by atoms with E-state index in [2.05, 4.69) is 26.1 Å². The van der Waals surface area contributed by atoms with Gasteiger partial charge in [0.2, 0.25) is 5.91 Å². The quantitative estimate of drug-likeness (QED) is 0.741. The summed E-state index contributed by atoms with van der Waals surface area (Å²) < 4.78 is 0. The highest BCUT2D eigenvalue weighted by Gasteiger charge is 2.20. The molecule has 2 atom stereocenters. The van der Waals surface area contributed by atoms with Gasteiger partial charge in [-0.1, -0.05) is 26.7 Å². The minimum absolute atomic E-state index is 0.0890. The van der Waals surface area contributed by atoms with Crippen molar-refractivity contribution in [3.8, 4) is 0 Å². The number of nitrogens with one attached hydrogen (secondary N) is 1. The Kier molecular flexibility index (Phi) is 7.39. The SMILES string of the molecule is CC(C)CCCC(C)NC(=O)CN1CCC[C@H](O)C1. The number of hydrogen-bond acceptors (Lipinski definition) is 3. The molecule has 0 aromatic carbocycles. The monoisotopic (exact) mass is 270 g/mol. The summed E-state index contributed by atoms with van der Waals surface area (Å²) in [7, 11) is 0. The van der Waals surface area contributed by atoms with Crippen LogP contribution in [0.15, 0.2) is 0 Å². The molecule has 1 fully saturated rings. The number of hydrogen-bond donors (Lipinski definition) is 2. The molecule has 1 amide bonds. The molecule has 1 aliphatic rings. The largest absolute Gasteiger partial charge is 0.392 e. The van der Waals surface area contributed by atoms with E-state index in [1.54, 1.807) is 0 Å². The predicted octanol–water partition coefficient (Wildman–Crippen LogP) is 1.77. The lowest BCUT2D eigenvalue weighted by Crippen LogP contribution is -2.45. The predicted molar refractivity (Wildman–Crippen MR) is 78.0 cm³/mol. The van der Waals surface area contributed by atoms with Gasteiger partial charge >= 0.3 is 0 Å². The van der Waals surface area contributed by atoms with Crippen LogP contribution in [0.2, 0.25) is 0 Å². The average Bonchev–Trinajstić information content (AvgIpc) is 2.27. The maximum absolute atomic E-state index is 11.9. The second kappa shape index (κ2) is 8.54. The fraction of sp³-hybridized carbons (Fsp3) is 0.933. The molecule has 1 unspecified atom stereocenters. The maximum Gasteiger partial charge on any atom is 0.234 e. The van der Waals surface area contributed by atoms with Crippen LogP contribution in [-0.2, 0) is 4.79 Å². The summed E-state index contributed by atoms with van der Waals surface area (Å²) in [6.07, 6.45) is 5.03. The lowest BCUT2D eigenvalue weighted by atomic mass is 10.0. The number of nitrogens with zero attached hydrogens (tertiary/aromatic N) is 1. The van der Waals surface area contributed by atoms with Crippen LogP contribution in [0.5, 0.6) is 0 Å². The van der Waals surface area contributed by atoms with Crippen molar-refractivity contribution in [2.75, 3.05) is 19.6 Å². The van der Waals surface area contributed by atoms with Gasteiger partial charge in [-0.05, 0) is 38.6 Å². The molecule has 112 valence electrons. The van der Waals surface area contributed by atoms with Gasteiger partial charge in [0, 0.05) is 12.6 Å². The number of likely N-dealkylation sites (tertiary alicyclic amines) is 1. The van der Waals surface area contributed by atoms with Gasteiger partial charge in [-0.2, -0.15) is 0 Å². The van der Waals surface area contributed by atoms with E-state index in [0.717, 1.165) is 31.7 Å². The van der Waals surface area contributed by atoms with Gasteiger partial charge in [0.25, 0.3) is 0 Å². The summed E-state index contributed by atoms with van der Waals surface area (Å²) in [6.45, 7) is 8.51. The summed E-state index contributed by atoms with van der Waals surface area (Å²) in [4.78, 5) is 13.9. The van der Waals surface area contributed by atoms with E-state index < -0.39 is 0 Å². The normalized spacial score (nSPS) is 22.5. The van der Waals surface area contributed by atoms with Crippen molar-refractivity contribution in [3.05, 3.63) is 0 Å². The molecule has 0 spiro atoms. The number of rotatable bonds is 7. The Morgan fingerprint density at radius 3 is 2.74 bits per heavy atom. The van der Waals surface area contributed by atoms with Crippen LogP contribution in [0.25, 0.3) is 0 Å². The number of amides is 1. The van der Waals surface area contributed by atoms with Gasteiger partial charge < -0.3 is 10.4 Å². The number of carbonyl (C=O) groups excluding carboxylic acids is 1. The standard InChI is InChI=1S/C15H30N2O2/c1-12(2)6-4-7-13(3)16-15(19)11-17-9-5-8-14(18)10-17/h12-14,18H,4-11H2,1-3H3,(H,16,19)/t13?,14-/m0/s1. The van der Waals surface area contributed by atoms with Crippen molar-refractivity contribution in [1.29, 1.82) is 0 Å². The summed E-state index contributed by atoms with van der Waals surface area (Å²) >= 11 is 0. The first-order valence-corrected chi connectivity index (χ1v) is 7.67. The summed E-state index contributed by atoms with van der Waals surface area (Å²) in [5.74, 6) is 0.823. The Hall–Kier alpha value is -0.610. The van der Waals surface area contributed by atoms with Crippen molar-refractivity contribution >= 4 is 5.91 Å². The molecule has 1 heterocycles. The molecule has 1 rings (SSSR count). The molecule has 4 nitrogen and oxygen atoms in total. The van der Waals surface area contributed by atoms with E-state index in [0.29, 0.717) is 13.1 Å². The van der Waals surface area contributed by atoms with E-state index in [4.69, 9.17) is 0 Å². The van der Waals surface area contributed by atoms with Crippen LogP contribution in [0, 0.1) is 5.92 Å². The molecule has 0 aromatic rings. The molecule has 1 saturated heterocycles. The minimum atomic E-state index is -0.259. The first kappa shape index (κ1) is 16.4. The second-order valence-electron chi connectivity index (χ2n) is 6.32. The third-order valence-electron chi connectivity index (χ3n) is 3.67. The van der Waals surface area contributed by atoms with Gasteiger partial charge in [0.05, 0.1) is 12.6 Å². The molecule has 4 heteroatoms. The summed E-state index contributed by atoms with van der Waals surface area (Å²) in [5, 5.41) is 12.6. The number of aliphatic hydroxyl groups is 1. The average molecular weight is 270 g/mol. The number of piperidine rings is 1. The minimum Gasteiger partial charge on any atom is -0.392 e. The van der Waals surface area contributed by atoms with Gasteiger partial charge in [-0.25, -0.2) is 0 Å². The lowest BCUT2D eigenvalue weighted by molar-refractivity contribution is -0.123. The third-order valence-corrected chi connectivity index (χ3v) is 3.67. The van der Waals surface area contributed by atoms with Gasteiger partial charge in [-0.15, -0.1) is 0 Å². The smallest absolute Gasteiger partial charge is 0.234 e. The van der Waals surface area contributed by atoms with Crippen LogP contribution in [0.1, 0.15) is 52.9 Å². The zero-order valence-corrected chi connectivity index (χ0v) is 12.7. The highest BCUT2D eigenvalue weighted by molar-refractivity contribution is 5.78. The van der Waals surface area contributed by atoms with Crippen molar-refractivity contribution in [2.24, 2.45) is 5.92 Å². The van der Waals surface area contributed by atoms with Crippen LogP contribution < -0.4 is 5.32 Å². The van der Waals surface area contributed by atoms with Crippen molar-refractivity contribution < 1.29 is 9.90 Å². The molecule has 0 aromatic heterocycles. The van der Waals surface area contributed by atoms with Gasteiger partial charge in [-0.3, -0.25) is 9.69 Å². The Morgan fingerprint density at radius 1 is 1.37 bits per heavy atom. The van der Waals surface area contributed by atoms with Crippen LogP contribution in [0.4, 0.5) is 0 Å². The zero-order chi connectivity index (χ0) is 14.3. The first-order valence-electron chi connectivity index (χ1n) is 7.67. The van der Waals surface area contributed by atoms with Crippen molar-refractivity contribution in [1.82, 2.24) is 10.2 Å². The molecular weight excluding hydrogens is 240 g/mol. The summed E-state index contributed by atoms with van der Waals surface area (Å²) in [5.41, 5.74) is 0. The fourth-order valence-electron chi connectivity index (χ4n) is 2.60. The Bertz CT molecular complexity index is 269. The molecule has 0 saturated carbocycles. The Balaban J connectivity index is 2.15. The first-order chi connectivity index (χ1) is 8.97. The molecule has 2 N–H and O–H groups in total. The van der Waals surface area contributed by atoms with E-state index in [1.807, 2.05) is 4.90 Å². The van der Waals surface area contributed by atoms with Gasteiger partial charge in [0.1, 0.15) is 0 Å². The topological polar surface area (TPSA) is 52.6 Å². The number of aliphatic hydroxyl groups excluding tert-OH is 1. The molecule has 19 heavy (non-hydrogen) atoms. The van der Waals surface area contributed by atoms with Crippen LogP contribution >= 0.6 is 0 Å². The van der Waals surface area contributed by atoms with Crippen molar-refractivity contribution in [2.45, 2.75) is 65.0 Å². The number of β-amino-alcohol motifs (C(OH)–C–C–N with tert-alkyl or cyclic N) is 1. The second-order valence-corrected chi connectivity index (χ2v) is 6.32. The molecule has 0 aliphatic carbocycles. The number of carbonyl (C=O) groups is 1. The van der Waals surface area contributed by atoms with Crippen LogP contribution in [0.3, 0.4) is 0 Å². The van der Waals surface area contributed by atoms with E-state index in [9.17, 15) is 9.90 Å². The Morgan fingerprint density at radius 2 is 2.11 bits per heavy atom. The fourth-order valence-corrected chi connectivity index (χ4v) is 2.60. The van der Waals surface area contributed by atoms with Gasteiger partial charge in [0.15, 0.2) is 0 Å². The molecule has 0 bridgehead atoms. The highest BCUT2D eigenvalue weighted by Crippen LogP contribution is 2.10. The summed E-state index contributed by atoms with van der Waals surface area (Å²) in [6, 6.07) is 0.251. The van der Waals surface area contributed by atoms with Crippen molar-refractivity contribution in [3.63, 3.8) is 0 Å². The molecular formula is C15H30N2O2. The molecule has 0 radical (unpaired) electrons. The maximum atomic E-state index is 11.9. The van der Waals surface area contributed by atoms with Crippen LogP contribution in [-0.4, -0.2) is 47.7 Å². The van der Waals surface area contributed by atoms with E-state index in [-0.39, 0.29) is 18.1 Å². The zero-order valence-electron chi connectivity index (χ0n) is 12.7. The highest BCUT2D eigenvalue weighted by atomic mass is 16.3. The lowest BCUT2D eigenvalue weighted by Gasteiger charge is -2.29.